The predicted molar refractivity (Wildman–Crippen MR) is 110 cm³/mol. The third kappa shape index (κ3) is 5.20. The lowest BCUT2D eigenvalue weighted by molar-refractivity contribution is -0.121. The lowest BCUT2D eigenvalue weighted by Gasteiger charge is -2.11. The van der Waals surface area contributed by atoms with Gasteiger partial charge < -0.3 is 5.32 Å². The van der Waals surface area contributed by atoms with E-state index in [9.17, 15) is 18.0 Å². The van der Waals surface area contributed by atoms with Crippen molar-refractivity contribution >= 4 is 15.7 Å². The molecule has 3 rings (SSSR count). The van der Waals surface area contributed by atoms with Gasteiger partial charge in [-0.1, -0.05) is 13.8 Å². The monoisotopic (exact) mass is 433 g/mol. The highest BCUT2D eigenvalue weighted by Gasteiger charge is 2.19. The number of aromatic nitrogens is 6. The number of imidazole rings is 1. The third-order valence-electron chi connectivity index (χ3n) is 4.28. The molecule has 0 radical (unpaired) electrons. The van der Waals surface area contributed by atoms with Crippen molar-refractivity contribution in [3.8, 4) is 17.2 Å². The molecule has 3 aromatic rings. The van der Waals surface area contributed by atoms with E-state index in [4.69, 9.17) is 0 Å². The van der Waals surface area contributed by atoms with Crippen LogP contribution in [0.15, 0.2) is 35.9 Å². The lowest BCUT2D eigenvalue weighted by Crippen LogP contribution is -2.31. The van der Waals surface area contributed by atoms with Crippen LogP contribution in [-0.2, 0) is 21.2 Å². The first-order valence-electron chi connectivity index (χ1n) is 9.24. The minimum Gasteiger partial charge on any atom is -0.353 e. The predicted octanol–water partition coefficient (Wildman–Crippen LogP) is 0.103. The highest BCUT2D eigenvalue weighted by molar-refractivity contribution is 7.90. The first kappa shape index (κ1) is 21.4. The quantitative estimate of drug-likeness (QED) is 0.513. The van der Waals surface area contributed by atoms with Gasteiger partial charge in [-0.15, -0.1) is 0 Å². The van der Waals surface area contributed by atoms with Crippen LogP contribution in [0.4, 0.5) is 0 Å². The summed E-state index contributed by atoms with van der Waals surface area (Å²) in [6.45, 7) is 3.74. The number of H-pyrrole nitrogens is 1. The topological polar surface area (TPSA) is 145 Å². The lowest BCUT2D eigenvalue weighted by atomic mass is 10.0. The fourth-order valence-electron chi connectivity index (χ4n) is 2.88. The van der Waals surface area contributed by atoms with Crippen molar-refractivity contribution in [1.29, 1.82) is 0 Å². The van der Waals surface area contributed by atoms with Gasteiger partial charge in [0.2, 0.25) is 11.9 Å². The van der Waals surface area contributed by atoms with Crippen LogP contribution in [0.1, 0.15) is 25.3 Å². The Morgan fingerprint density at radius 3 is 2.73 bits per heavy atom. The molecule has 0 aliphatic rings. The summed E-state index contributed by atoms with van der Waals surface area (Å²) in [6.07, 6.45) is 9.05. The largest absolute Gasteiger partial charge is 0.353 e. The number of nitrogens with zero attached hydrogens (tertiary/aromatic N) is 5. The van der Waals surface area contributed by atoms with E-state index in [-0.39, 0.29) is 36.2 Å². The standard InChI is InChI=1S/C18H23N7O4S/c1-12(2)15-16(22-18(23-17(15)27)24-6-4-19-11-24)13-8-21-25(9-13)10-14(26)20-5-7-30(3,28)29/h4,6,8-9,11-12H,5,7,10H2,1-3H3,(H,20,26)(H,22,23,27). The molecule has 0 saturated heterocycles. The summed E-state index contributed by atoms with van der Waals surface area (Å²) < 4.78 is 25.3. The van der Waals surface area contributed by atoms with E-state index in [1.165, 1.54) is 17.2 Å². The number of aromatic amines is 1. The Labute approximate surface area is 173 Å². The third-order valence-corrected chi connectivity index (χ3v) is 5.22. The molecular weight excluding hydrogens is 410 g/mol. The van der Waals surface area contributed by atoms with Gasteiger partial charge in [-0.25, -0.2) is 18.4 Å². The molecule has 2 N–H and O–H groups in total. The molecule has 30 heavy (non-hydrogen) atoms. The number of carbonyl (C=O) groups is 1. The molecule has 12 heteroatoms. The highest BCUT2D eigenvalue weighted by atomic mass is 32.2. The minimum atomic E-state index is -3.15. The Bertz CT molecular complexity index is 1190. The molecule has 3 aromatic heterocycles. The molecule has 0 aromatic carbocycles. The van der Waals surface area contributed by atoms with Gasteiger partial charge >= 0.3 is 0 Å². The summed E-state index contributed by atoms with van der Waals surface area (Å²) in [5.41, 5.74) is 1.32. The van der Waals surface area contributed by atoms with Gasteiger partial charge in [-0.3, -0.25) is 23.8 Å². The Morgan fingerprint density at radius 2 is 2.10 bits per heavy atom. The number of hydrogen-bond donors (Lipinski definition) is 2. The highest BCUT2D eigenvalue weighted by Crippen LogP contribution is 2.24. The molecule has 0 spiro atoms. The van der Waals surface area contributed by atoms with Crippen molar-refractivity contribution < 1.29 is 13.2 Å². The first-order valence-corrected chi connectivity index (χ1v) is 11.3. The van der Waals surface area contributed by atoms with Crippen LogP contribution >= 0.6 is 0 Å². The van der Waals surface area contributed by atoms with Crippen LogP contribution in [0.5, 0.6) is 0 Å². The summed E-state index contributed by atoms with van der Waals surface area (Å²) in [7, 11) is -3.15. The van der Waals surface area contributed by atoms with E-state index in [1.54, 1.807) is 23.2 Å². The molecule has 11 nitrogen and oxygen atoms in total. The zero-order chi connectivity index (χ0) is 21.9. The van der Waals surface area contributed by atoms with Gasteiger partial charge in [0.15, 0.2) is 0 Å². The van der Waals surface area contributed by atoms with E-state index < -0.39 is 9.84 Å². The molecule has 1 amide bonds. The zero-order valence-electron chi connectivity index (χ0n) is 16.9. The van der Waals surface area contributed by atoms with Gasteiger partial charge in [0, 0.05) is 42.5 Å². The Hall–Kier alpha value is -3.28. The summed E-state index contributed by atoms with van der Waals surface area (Å²) in [6, 6.07) is 0. The number of carbonyl (C=O) groups excluding carboxylic acids is 1. The summed E-state index contributed by atoms with van der Waals surface area (Å²) >= 11 is 0. The molecule has 0 aliphatic heterocycles. The van der Waals surface area contributed by atoms with Crippen LogP contribution in [0.3, 0.4) is 0 Å². The van der Waals surface area contributed by atoms with E-state index in [1.807, 2.05) is 13.8 Å². The van der Waals surface area contributed by atoms with E-state index in [2.05, 4.69) is 25.4 Å². The molecule has 0 aliphatic carbocycles. The summed E-state index contributed by atoms with van der Waals surface area (Å²) in [4.78, 5) is 36.0. The number of sulfone groups is 1. The molecule has 0 fully saturated rings. The van der Waals surface area contributed by atoms with Crippen molar-refractivity contribution in [3.05, 3.63) is 47.0 Å². The maximum atomic E-state index is 12.7. The summed E-state index contributed by atoms with van der Waals surface area (Å²) in [5, 5.41) is 6.72. The van der Waals surface area contributed by atoms with Crippen LogP contribution in [0.25, 0.3) is 17.2 Å². The van der Waals surface area contributed by atoms with Gasteiger partial charge in [0.25, 0.3) is 5.56 Å². The van der Waals surface area contributed by atoms with Crippen molar-refractivity contribution in [1.82, 2.24) is 34.6 Å². The molecule has 160 valence electrons. The van der Waals surface area contributed by atoms with Gasteiger partial charge in [-0.05, 0) is 5.92 Å². The second-order valence-corrected chi connectivity index (χ2v) is 9.44. The number of amides is 1. The molecule has 3 heterocycles. The minimum absolute atomic E-state index is 0.0349. The average molecular weight is 433 g/mol. The number of rotatable bonds is 8. The van der Waals surface area contributed by atoms with Crippen molar-refractivity contribution in [2.75, 3.05) is 18.6 Å². The van der Waals surface area contributed by atoms with Gasteiger partial charge in [-0.2, -0.15) is 5.10 Å². The van der Waals surface area contributed by atoms with Gasteiger partial charge in [0.05, 0.1) is 17.6 Å². The van der Waals surface area contributed by atoms with Crippen LogP contribution in [-0.4, -0.2) is 62.2 Å². The second-order valence-electron chi connectivity index (χ2n) is 7.18. The van der Waals surface area contributed by atoms with E-state index in [0.717, 1.165) is 6.26 Å². The molecule has 0 unspecified atom stereocenters. The van der Waals surface area contributed by atoms with Crippen LogP contribution in [0.2, 0.25) is 0 Å². The Morgan fingerprint density at radius 1 is 1.33 bits per heavy atom. The SMILES string of the molecule is CC(C)c1c(-c2cnn(CC(=O)NCCS(C)(=O)=O)c2)nc(-n2ccnc2)[nH]c1=O. The van der Waals surface area contributed by atoms with Crippen LogP contribution < -0.4 is 10.9 Å². The fourth-order valence-corrected chi connectivity index (χ4v) is 3.36. The van der Waals surface area contributed by atoms with Crippen molar-refractivity contribution in [2.24, 2.45) is 0 Å². The second kappa shape index (κ2) is 8.61. The van der Waals surface area contributed by atoms with E-state index in [0.29, 0.717) is 22.8 Å². The average Bonchev–Trinajstić information content (AvgIpc) is 3.31. The smallest absolute Gasteiger partial charge is 0.256 e. The molecular formula is C18H23N7O4S. The maximum absolute atomic E-state index is 12.7. The Kier molecular flexibility index (Phi) is 6.15. The van der Waals surface area contributed by atoms with Gasteiger partial charge in [0.1, 0.15) is 22.7 Å². The Balaban J connectivity index is 1.85. The first-order chi connectivity index (χ1) is 14.1. The summed E-state index contributed by atoms with van der Waals surface area (Å²) in [5.74, 6) is -0.261. The normalized spacial score (nSPS) is 11.7. The number of hydrogen-bond acceptors (Lipinski definition) is 7. The number of nitrogens with one attached hydrogen (secondary N) is 2. The fraction of sp³-hybridized carbons (Fsp3) is 0.389. The zero-order valence-corrected chi connectivity index (χ0v) is 17.7. The molecule has 0 atom stereocenters. The molecule has 0 bridgehead atoms. The van der Waals surface area contributed by atoms with Crippen molar-refractivity contribution in [3.63, 3.8) is 0 Å². The molecule has 0 saturated carbocycles. The van der Waals surface area contributed by atoms with Crippen LogP contribution in [0, 0.1) is 0 Å². The van der Waals surface area contributed by atoms with E-state index >= 15 is 0 Å². The maximum Gasteiger partial charge on any atom is 0.256 e. The van der Waals surface area contributed by atoms with Crippen molar-refractivity contribution in [2.45, 2.75) is 26.3 Å².